The standard InChI is InChI=1S/C19H30N4O3.HI/c1-3-21-18(24)14-26-16-9-8-15(12-17(16)25-2)13-22-19(20)23-10-6-4-5-7-11-23;/h8-9,12H,3-7,10-11,13-14H2,1-2H3,(H2,20,22)(H,21,24);1H. The van der Waals surface area contributed by atoms with Crippen LogP contribution in [-0.4, -0.2) is 50.1 Å². The van der Waals surface area contributed by atoms with Gasteiger partial charge in [-0.05, 0) is 37.5 Å². The summed E-state index contributed by atoms with van der Waals surface area (Å²) in [4.78, 5) is 18.2. The highest BCUT2D eigenvalue weighted by molar-refractivity contribution is 14.0. The number of aliphatic imine (C=N–C) groups is 1. The van der Waals surface area contributed by atoms with Gasteiger partial charge >= 0.3 is 0 Å². The molecule has 1 saturated heterocycles. The lowest BCUT2D eigenvalue weighted by atomic mass is 10.2. The third-order valence-corrected chi connectivity index (χ3v) is 4.31. The number of nitrogens with two attached hydrogens (primary N) is 1. The van der Waals surface area contributed by atoms with Crippen LogP contribution in [0.2, 0.25) is 0 Å². The second kappa shape index (κ2) is 12.6. The Balaban J connectivity index is 0.00000364. The summed E-state index contributed by atoms with van der Waals surface area (Å²) in [7, 11) is 1.58. The van der Waals surface area contributed by atoms with Crippen LogP contribution in [0.15, 0.2) is 23.2 Å². The third kappa shape index (κ3) is 7.82. The maximum Gasteiger partial charge on any atom is 0.257 e. The number of carbonyl (C=O) groups excluding carboxylic acids is 1. The fourth-order valence-corrected chi connectivity index (χ4v) is 2.89. The molecule has 1 aliphatic rings. The van der Waals surface area contributed by atoms with Crippen molar-refractivity contribution in [2.24, 2.45) is 10.7 Å². The van der Waals surface area contributed by atoms with Crippen molar-refractivity contribution in [1.29, 1.82) is 0 Å². The van der Waals surface area contributed by atoms with Crippen molar-refractivity contribution in [1.82, 2.24) is 10.2 Å². The Hall–Kier alpha value is -1.71. The first-order valence-electron chi connectivity index (χ1n) is 9.25. The van der Waals surface area contributed by atoms with Crippen LogP contribution in [0.3, 0.4) is 0 Å². The number of hydrogen-bond donors (Lipinski definition) is 2. The van der Waals surface area contributed by atoms with E-state index in [9.17, 15) is 4.79 Å². The van der Waals surface area contributed by atoms with Crippen LogP contribution in [0, 0.1) is 0 Å². The lowest BCUT2D eigenvalue weighted by Crippen LogP contribution is -2.38. The molecule has 0 bridgehead atoms. The van der Waals surface area contributed by atoms with Crippen LogP contribution in [0.25, 0.3) is 0 Å². The van der Waals surface area contributed by atoms with Crippen molar-refractivity contribution in [3.8, 4) is 11.5 Å². The normalized spacial score (nSPS) is 14.7. The summed E-state index contributed by atoms with van der Waals surface area (Å²) in [6, 6.07) is 5.58. The summed E-state index contributed by atoms with van der Waals surface area (Å²) < 4.78 is 10.9. The van der Waals surface area contributed by atoms with Gasteiger partial charge in [0.05, 0.1) is 13.7 Å². The van der Waals surface area contributed by atoms with Gasteiger partial charge in [-0.2, -0.15) is 0 Å². The van der Waals surface area contributed by atoms with E-state index in [0.717, 1.165) is 18.7 Å². The topological polar surface area (TPSA) is 89.2 Å². The number of nitrogens with one attached hydrogen (secondary N) is 1. The third-order valence-electron chi connectivity index (χ3n) is 4.31. The highest BCUT2D eigenvalue weighted by atomic mass is 127. The number of hydrogen-bond acceptors (Lipinski definition) is 4. The van der Waals surface area contributed by atoms with Crippen molar-refractivity contribution in [3.05, 3.63) is 23.8 Å². The molecule has 2 rings (SSSR count). The quantitative estimate of drug-likeness (QED) is 0.349. The molecule has 0 unspecified atom stereocenters. The number of nitrogens with zero attached hydrogens (tertiary/aromatic N) is 2. The maximum absolute atomic E-state index is 11.5. The minimum atomic E-state index is -0.159. The van der Waals surface area contributed by atoms with Crippen LogP contribution in [-0.2, 0) is 11.3 Å². The number of halogens is 1. The number of methoxy groups -OCH3 is 1. The Kier molecular flexibility index (Phi) is 10.9. The molecule has 0 saturated carbocycles. The number of carbonyl (C=O) groups is 1. The molecular weight excluding hydrogens is 459 g/mol. The molecule has 1 aromatic carbocycles. The molecule has 0 radical (unpaired) electrons. The monoisotopic (exact) mass is 490 g/mol. The minimum absolute atomic E-state index is 0. The molecule has 1 amide bonds. The molecule has 8 heteroatoms. The maximum atomic E-state index is 11.5. The summed E-state index contributed by atoms with van der Waals surface area (Å²) in [5.41, 5.74) is 7.13. The summed E-state index contributed by atoms with van der Waals surface area (Å²) >= 11 is 0. The van der Waals surface area contributed by atoms with Gasteiger partial charge in [-0.15, -0.1) is 24.0 Å². The smallest absolute Gasteiger partial charge is 0.257 e. The summed E-state index contributed by atoms with van der Waals surface area (Å²) in [6.45, 7) is 4.84. The Morgan fingerprint density at radius 3 is 2.56 bits per heavy atom. The Labute approximate surface area is 178 Å². The number of likely N-dealkylation sites (N-methyl/N-ethyl adjacent to an activating group) is 1. The van der Waals surface area contributed by atoms with Gasteiger partial charge in [-0.25, -0.2) is 4.99 Å². The van der Waals surface area contributed by atoms with Gasteiger partial charge in [-0.3, -0.25) is 4.79 Å². The van der Waals surface area contributed by atoms with Gasteiger partial charge in [0.2, 0.25) is 0 Å². The van der Waals surface area contributed by atoms with Crippen LogP contribution >= 0.6 is 24.0 Å². The van der Waals surface area contributed by atoms with E-state index in [4.69, 9.17) is 15.2 Å². The van der Waals surface area contributed by atoms with E-state index in [-0.39, 0.29) is 36.5 Å². The molecule has 0 spiro atoms. The van der Waals surface area contributed by atoms with Crippen LogP contribution < -0.4 is 20.5 Å². The first kappa shape index (κ1) is 23.3. The lowest BCUT2D eigenvalue weighted by molar-refractivity contribution is -0.123. The summed E-state index contributed by atoms with van der Waals surface area (Å²) in [6.07, 6.45) is 4.86. The molecule has 1 fully saturated rings. The molecule has 1 aliphatic heterocycles. The Morgan fingerprint density at radius 2 is 1.93 bits per heavy atom. The highest BCUT2D eigenvalue weighted by Crippen LogP contribution is 2.28. The number of rotatable bonds is 7. The zero-order valence-electron chi connectivity index (χ0n) is 16.2. The molecule has 152 valence electrons. The molecule has 3 N–H and O–H groups in total. The SMILES string of the molecule is CCNC(=O)COc1ccc(CN=C(N)N2CCCCCC2)cc1OC.I. The highest BCUT2D eigenvalue weighted by Gasteiger charge is 2.11. The first-order valence-corrected chi connectivity index (χ1v) is 9.25. The minimum Gasteiger partial charge on any atom is -0.493 e. The van der Waals surface area contributed by atoms with Crippen molar-refractivity contribution in [3.63, 3.8) is 0 Å². The number of likely N-dealkylation sites (tertiary alicyclic amines) is 1. The van der Waals surface area contributed by atoms with E-state index >= 15 is 0 Å². The lowest BCUT2D eigenvalue weighted by Gasteiger charge is -2.21. The zero-order chi connectivity index (χ0) is 18.8. The Morgan fingerprint density at radius 1 is 1.22 bits per heavy atom. The largest absolute Gasteiger partial charge is 0.493 e. The second-order valence-corrected chi connectivity index (χ2v) is 6.30. The van der Waals surface area contributed by atoms with Crippen molar-refractivity contribution in [2.45, 2.75) is 39.2 Å². The van der Waals surface area contributed by atoms with Gasteiger partial charge in [-0.1, -0.05) is 18.9 Å². The van der Waals surface area contributed by atoms with Gasteiger partial charge in [0, 0.05) is 19.6 Å². The predicted octanol–water partition coefficient (Wildman–Crippen LogP) is 2.52. The molecule has 27 heavy (non-hydrogen) atoms. The molecule has 1 heterocycles. The van der Waals surface area contributed by atoms with Crippen LogP contribution in [0.1, 0.15) is 38.2 Å². The van der Waals surface area contributed by atoms with Crippen LogP contribution in [0.5, 0.6) is 11.5 Å². The van der Waals surface area contributed by atoms with Crippen molar-refractivity contribution < 1.29 is 14.3 Å². The average Bonchev–Trinajstić information content (AvgIpc) is 2.94. The number of benzene rings is 1. The van der Waals surface area contributed by atoms with Gasteiger partial charge in [0.1, 0.15) is 0 Å². The fourth-order valence-electron chi connectivity index (χ4n) is 2.89. The number of guanidine groups is 1. The molecular formula is C19H31IN4O3. The average molecular weight is 490 g/mol. The number of amides is 1. The molecule has 0 atom stereocenters. The molecule has 0 aromatic heterocycles. The van der Waals surface area contributed by atoms with E-state index in [1.807, 2.05) is 19.1 Å². The van der Waals surface area contributed by atoms with E-state index in [2.05, 4.69) is 15.2 Å². The fraction of sp³-hybridized carbons (Fsp3) is 0.579. The van der Waals surface area contributed by atoms with Crippen molar-refractivity contribution in [2.75, 3.05) is 33.4 Å². The van der Waals surface area contributed by atoms with Gasteiger partial charge < -0.3 is 25.4 Å². The Bertz CT molecular complexity index is 617. The van der Waals surface area contributed by atoms with E-state index in [1.54, 1.807) is 13.2 Å². The summed E-state index contributed by atoms with van der Waals surface area (Å²) in [5.74, 6) is 1.55. The molecule has 7 nitrogen and oxygen atoms in total. The summed E-state index contributed by atoms with van der Waals surface area (Å²) in [5, 5.41) is 2.69. The van der Waals surface area contributed by atoms with Gasteiger partial charge in [0.15, 0.2) is 24.1 Å². The number of ether oxygens (including phenoxy) is 2. The van der Waals surface area contributed by atoms with E-state index in [1.165, 1.54) is 25.7 Å². The van der Waals surface area contributed by atoms with E-state index < -0.39 is 0 Å². The molecule has 0 aliphatic carbocycles. The second-order valence-electron chi connectivity index (χ2n) is 6.30. The van der Waals surface area contributed by atoms with Crippen LogP contribution in [0.4, 0.5) is 0 Å². The molecule has 1 aromatic rings. The van der Waals surface area contributed by atoms with Crippen molar-refractivity contribution >= 4 is 35.8 Å². The van der Waals surface area contributed by atoms with E-state index in [0.29, 0.717) is 30.5 Å². The first-order chi connectivity index (χ1) is 12.6. The van der Waals surface area contributed by atoms with Gasteiger partial charge in [0.25, 0.3) is 5.91 Å². The zero-order valence-corrected chi connectivity index (χ0v) is 18.5. The predicted molar refractivity (Wildman–Crippen MR) is 118 cm³/mol.